The minimum atomic E-state index is -0.418. The van der Waals surface area contributed by atoms with Gasteiger partial charge in [-0.05, 0) is 36.8 Å². The number of nitrogens with zero attached hydrogens (tertiary/aromatic N) is 2. The van der Waals surface area contributed by atoms with Crippen LogP contribution in [0.1, 0.15) is 15.9 Å². The van der Waals surface area contributed by atoms with Gasteiger partial charge in [0, 0.05) is 11.8 Å². The summed E-state index contributed by atoms with van der Waals surface area (Å²) in [6.07, 6.45) is 3.70. The number of hydrogen-bond donors (Lipinski definition) is 1. The molecule has 0 radical (unpaired) electrons. The summed E-state index contributed by atoms with van der Waals surface area (Å²) in [6, 6.07) is 7.00. The molecule has 4 nitrogen and oxygen atoms in total. The molecule has 2 N–H and O–H groups in total. The summed E-state index contributed by atoms with van der Waals surface area (Å²) in [5, 5.41) is 4.16. The predicted octanol–water partition coefficient (Wildman–Crippen LogP) is 1.28. The lowest BCUT2D eigenvalue weighted by atomic mass is 10.2. The molecule has 4 heteroatoms. The van der Waals surface area contributed by atoms with E-state index >= 15 is 0 Å². The third-order valence-electron chi connectivity index (χ3n) is 2.13. The molecule has 2 aromatic rings. The Kier molecular flexibility index (Phi) is 2.25. The standard InChI is InChI=1S/C11H11N3O/c1-8-6-13-14(7-8)10-4-2-9(3-5-10)11(12)15/h2-7H,1H3,(H2,12,15). The topological polar surface area (TPSA) is 60.9 Å². The molecule has 0 unspecified atom stereocenters. The molecule has 2 rings (SSSR count). The molecule has 1 amide bonds. The molecule has 0 fully saturated rings. The van der Waals surface area contributed by atoms with E-state index in [-0.39, 0.29) is 0 Å². The smallest absolute Gasteiger partial charge is 0.248 e. The summed E-state index contributed by atoms with van der Waals surface area (Å²) in [7, 11) is 0. The van der Waals surface area contributed by atoms with E-state index in [1.807, 2.05) is 25.3 Å². The van der Waals surface area contributed by atoms with Gasteiger partial charge in [0.1, 0.15) is 0 Å². The molecule has 0 aliphatic carbocycles. The van der Waals surface area contributed by atoms with E-state index < -0.39 is 5.91 Å². The molecule has 1 aromatic heterocycles. The molecular formula is C11H11N3O. The van der Waals surface area contributed by atoms with Crippen LogP contribution in [0.15, 0.2) is 36.7 Å². The fourth-order valence-electron chi connectivity index (χ4n) is 1.33. The monoisotopic (exact) mass is 201 g/mol. The molecule has 0 saturated carbocycles. The second-order valence-electron chi connectivity index (χ2n) is 3.37. The van der Waals surface area contributed by atoms with Gasteiger partial charge in [-0.15, -0.1) is 0 Å². The Morgan fingerprint density at radius 1 is 1.33 bits per heavy atom. The van der Waals surface area contributed by atoms with Crippen LogP contribution in [0.25, 0.3) is 5.69 Å². The first-order valence-corrected chi connectivity index (χ1v) is 4.58. The van der Waals surface area contributed by atoms with Gasteiger partial charge in [-0.25, -0.2) is 4.68 Å². The number of benzene rings is 1. The molecule has 1 aromatic carbocycles. The maximum atomic E-state index is 10.9. The van der Waals surface area contributed by atoms with Gasteiger partial charge in [0.2, 0.25) is 5.91 Å². The maximum Gasteiger partial charge on any atom is 0.248 e. The molecule has 0 spiro atoms. The van der Waals surface area contributed by atoms with Crippen LogP contribution in [0.5, 0.6) is 0 Å². The zero-order valence-electron chi connectivity index (χ0n) is 8.34. The average molecular weight is 201 g/mol. The van der Waals surface area contributed by atoms with Crippen molar-refractivity contribution >= 4 is 5.91 Å². The number of nitrogens with two attached hydrogens (primary N) is 1. The number of aromatic nitrogens is 2. The van der Waals surface area contributed by atoms with E-state index in [0.717, 1.165) is 11.3 Å². The van der Waals surface area contributed by atoms with Gasteiger partial charge in [-0.2, -0.15) is 5.10 Å². The summed E-state index contributed by atoms with van der Waals surface area (Å²) < 4.78 is 1.75. The number of rotatable bonds is 2. The van der Waals surface area contributed by atoms with Crippen LogP contribution in [-0.4, -0.2) is 15.7 Å². The second-order valence-corrected chi connectivity index (χ2v) is 3.37. The Morgan fingerprint density at radius 3 is 2.47 bits per heavy atom. The van der Waals surface area contributed by atoms with Gasteiger partial charge in [-0.1, -0.05) is 0 Å². The number of hydrogen-bond acceptors (Lipinski definition) is 2. The number of amides is 1. The summed E-state index contributed by atoms with van der Waals surface area (Å²) in [5.41, 5.74) is 7.65. The SMILES string of the molecule is Cc1cnn(-c2ccc(C(N)=O)cc2)c1. The van der Waals surface area contributed by atoms with E-state index in [0.29, 0.717) is 5.56 Å². The fraction of sp³-hybridized carbons (Fsp3) is 0.0909. The van der Waals surface area contributed by atoms with Crippen molar-refractivity contribution in [1.29, 1.82) is 0 Å². The van der Waals surface area contributed by atoms with E-state index in [1.165, 1.54) is 0 Å². The zero-order valence-corrected chi connectivity index (χ0v) is 8.34. The van der Waals surface area contributed by atoms with Crippen molar-refractivity contribution in [2.75, 3.05) is 0 Å². The Hall–Kier alpha value is -2.10. The van der Waals surface area contributed by atoms with Crippen molar-refractivity contribution in [3.05, 3.63) is 47.8 Å². The number of carbonyl (C=O) groups excluding carboxylic acids is 1. The summed E-state index contributed by atoms with van der Waals surface area (Å²) in [4.78, 5) is 10.9. The molecule has 76 valence electrons. The first-order chi connectivity index (χ1) is 7.16. The molecule has 1 heterocycles. The highest BCUT2D eigenvalue weighted by Crippen LogP contribution is 2.09. The van der Waals surface area contributed by atoms with Gasteiger partial charge in [0.15, 0.2) is 0 Å². The quantitative estimate of drug-likeness (QED) is 0.795. The minimum absolute atomic E-state index is 0.418. The third-order valence-corrected chi connectivity index (χ3v) is 2.13. The Bertz CT molecular complexity index is 485. The van der Waals surface area contributed by atoms with Crippen LogP contribution in [0, 0.1) is 6.92 Å². The average Bonchev–Trinajstić information content (AvgIpc) is 2.65. The zero-order chi connectivity index (χ0) is 10.8. The Labute approximate surface area is 87.3 Å². The summed E-state index contributed by atoms with van der Waals surface area (Å²) >= 11 is 0. The fourth-order valence-corrected chi connectivity index (χ4v) is 1.33. The second kappa shape index (κ2) is 3.57. The highest BCUT2D eigenvalue weighted by atomic mass is 16.1. The van der Waals surface area contributed by atoms with Crippen molar-refractivity contribution in [3.8, 4) is 5.69 Å². The molecule has 0 bridgehead atoms. The van der Waals surface area contributed by atoms with Gasteiger partial charge < -0.3 is 5.73 Å². The first kappa shape index (κ1) is 9.45. The van der Waals surface area contributed by atoms with Gasteiger partial charge in [0.25, 0.3) is 0 Å². The van der Waals surface area contributed by atoms with Crippen LogP contribution in [0.2, 0.25) is 0 Å². The van der Waals surface area contributed by atoms with E-state index in [9.17, 15) is 4.79 Å². The van der Waals surface area contributed by atoms with Crippen LogP contribution >= 0.6 is 0 Å². The predicted molar refractivity (Wildman–Crippen MR) is 56.8 cm³/mol. The lowest BCUT2D eigenvalue weighted by Gasteiger charge is -2.01. The number of primary amides is 1. The number of aryl methyl sites for hydroxylation is 1. The normalized spacial score (nSPS) is 10.2. The maximum absolute atomic E-state index is 10.9. The largest absolute Gasteiger partial charge is 0.366 e. The molecule has 0 aliphatic rings. The first-order valence-electron chi connectivity index (χ1n) is 4.58. The summed E-state index contributed by atoms with van der Waals surface area (Å²) in [5.74, 6) is -0.418. The van der Waals surface area contributed by atoms with Gasteiger partial charge >= 0.3 is 0 Å². The van der Waals surface area contributed by atoms with Crippen molar-refractivity contribution < 1.29 is 4.79 Å². The highest BCUT2D eigenvalue weighted by molar-refractivity contribution is 5.92. The Balaban J connectivity index is 2.35. The molecular weight excluding hydrogens is 190 g/mol. The lowest BCUT2D eigenvalue weighted by molar-refractivity contribution is 0.100. The van der Waals surface area contributed by atoms with Crippen molar-refractivity contribution in [2.24, 2.45) is 5.73 Å². The molecule has 0 saturated heterocycles. The van der Waals surface area contributed by atoms with Gasteiger partial charge in [0.05, 0.1) is 11.9 Å². The molecule has 15 heavy (non-hydrogen) atoms. The lowest BCUT2D eigenvalue weighted by Crippen LogP contribution is -2.10. The third kappa shape index (κ3) is 1.88. The van der Waals surface area contributed by atoms with E-state index in [4.69, 9.17) is 5.73 Å². The number of carbonyl (C=O) groups is 1. The Morgan fingerprint density at radius 2 is 2.00 bits per heavy atom. The van der Waals surface area contributed by atoms with Crippen LogP contribution in [0.4, 0.5) is 0 Å². The molecule has 0 atom stereocenters. The van der Waals surface area contributed by atoms with Crippen LogP contribution < -0.4 is 5.73 Å². The van der Waals surface area contributed by atoms with E-state index in [2.05, 4.69) is 5.10 Å². The van der Waals surface area contributed by atoms with E-state index in [1.54, 1.807) is 23.0 Å². The highest BCUT2D eigenvalue weighted by Gasteiger charge is 2.01. The molecule has 0 aliphatic heterocycles. The van der Waals surface area contributed by atoms with Crippen molar-refractivity contribution in [3.63, 3.8) is 0 Å². The van der Waals surface area contributed by atoms with Gasteiger partial charge in [-0.3, -0.25) is 4.79 Å². The summed E-state index contributed by atoms with van der Waals surface area (Å²) in [6.45, 7) is 1.97. The van der Waals surface area contributed by atoms with Crippen LogP contribution in [-0.2, 0) is 0 Å². The van der Waals surface area contributed by atoms with Crippen molar-refractivity contribution in [2.45, 2.75) is 6.92 Å². The minimum Gasteiger partial charge on any atom is -0.366 e. The van der Waals surface area contributed by atoms with Crippen molar-refractivity contribution in [1.82, 2.24) is 9.78 Å². The van der Waals surface area contributed by atoms with Crippen LogP contribution in [0.3, 0.4) is 0 Å².